The highest BCUT2D eigenvalue weighted by atomic mass is 19.2. The van der Waals surface area contributed by atoms with E-state index in [2.05, 4.69) is 34.9 Å². The van der Waals surface area contributed by atoms with Crippen LogP contribution in [-0.2, 0) is 29.0 Å². The van der Waals surface area contributed by atoms with Crippen LogP contribution >= 0.6 is 0 Å². The normalized spacial score (nSPS) is 12.8. The van der Waals surface area contributed by atoms with Gasteiger partial charge in [0.05, 0.1) is 6.04 Å². The van der Waals surface area contributed by atoms with E-state index >= 15 is 0 Å². The second-order valence-electron chi connectivity index (χ2n) is 9.77. The molecule has 1 aliphatic rings. The summed E-state index contributed by atoms with van der Waals surface area (Å²) in [5.41, 5.74) is 12.7. The molecule has 8 heteroatoms. The number of hydrogen-bond donors (Lipinski definition) is 3. The number of rotatable bonds is 9. The maximum absolute atomic E-state index is 13.4. The van der Waals surface area contributed by atoms with Crippen molar-refractivity contribution in [3.8, 4) is 11.1 Å². The van der Waals surface area contributed by atoms with Gasteiger partial charge in [-0.2, -0.15) is 0 Å². The molecule has 4 aromatic carbocycles. The third-order valence-corrected chi connectivity index (χ3v) is 7.05. The van der Waals surface area contributed by atoms with Crippen molar-refractivity contribution < 1.29 is 23.1 Å². The second-order valence-corrected chi connectivity index (χ2v) is 9.77. The number of alkyl carbamates (subject to hydrolysis) is 1. The first kappa shape index (κ1) is 27.0. The zero-order valence-corrected chi connectivity index (χ0v) is 21.7. The average Bonchev–Trinajstić information content (AvgIpc) is 3.29. The maximum atomic E-state index is 13.4. The number of amides is 2. The van der Waals surface area contributed by atoms with Gasteiger partial charge in [-0.3, -0.25) is 4.79 Å². The summed E-state index contributed by atoms with van der Waals surface area (Å²) in [6.45, 7) is 0.795. The number of ether oxygens (including phenoxy) is 1. The van der Waals surface area contributed by atoms with E-state index in [0.717, 1.165) is 34.4 Å². The molecule has 6 nitrogen and oxygen atoms in total. The van der Waals surface area contributed by atoms with E-state index < -0.39 is 29.7 Å². The predicted molar refractivity (Wildman–Crippen MR) is 148 cm³/mol. The number of fused-ring (bicyclic) bond motifs is 3. The Morgan fingerprint density at radius 2 is 1.30 bits per heavy atom. The molecule has 1 atom stereocenters. The summed E-state index contributed by atoms with van der Waals surface area (Å²) in [5.74, 6) is -2.32. The number of carbonyl (C=O) groups is 2. The number of hydrogen-bond acceptors (Lipinski definition) is 4. The van der Waals surface area contributed by atoms with Crippen molar-refractivity contribution in [3.63, 3.8) is 0 Å². The fraction of sp³-hybridized carbons (Fsp3) is 0.188. The fourth-order valence-corrected chi connectivity index (χ4v) is 4.93. The topological polar surface area (TPSA) is 93.5 Å². The third-order valence-electron chi connectivity index (χ3n) is 7.05. The minimum absolute atomic E-state index is 0.00220. The summed E-state index contributed by atoms with van der Waals surface area (Å²) in [7, 11) is 0. The molecule has 1 aliphatic carbocycles. The first-order valence-electron chi connectivity index (χ1n) is 13.0. The Kier molecular flexibility index (Phi) is 8.17. The van der Waals surface area contributed by atoms with Gasteiger partial charge in [0, 0.05) is 19.0 Å². The van der Waals surface area contributed by atoms with Gasteiger partial charge in [0.25, 0.3) is 0 Å². The van der Waals surface area contributed by atoms with Gasteiger partial charge in [-0.15, -0.1) is 0 Å². The van der Waals surface area contributed by atoms with Gasteiger partial charge < -0.3 is 21.1 Å². The van der Waals surface area contributed by atoms with E-state index in [1.165, 1.54) is 17.2 Å². The lowest BCUT2D eigenvalue weighted by atomic mass is 9.98. The summed E-state index contributed by atoms with van der Waals surface area (Å²) in [6, 6.07) is 26.3. The van der Waals surface area contributed by atoms with Crippen LogP contribution in [0.1, 0.15) is 33.7 Å². The maximum Gasteiger partial charge on any atom is 0.407 e. The third kappa shape index (κ3) is 6.18. The van der Waals surface area contributed by atoms with Gasteiger partial charge >= 0.3 is 6.09 Å². The van der Waals surface area contributed by atoms with Gasteiger partial charge in [0.1, 0.15) is 6.61 Å². The molecular weight excluding hydrogens is 512 g/mol. The summed E-state index contributed by atoms with van der Waals surface area (Å²) in [4.78, 5) is 24.8. The molecule has 2 amide bonds. The molecule has 40 heavy (non-hydrogen) atoms. The largest absolute Gasteiger partial charge is 0.449 e. The summed E-state index contributed by atoms with van der Waals surface area (Å²) in [6.07, 6.45) is -0.406. The van der Waals surface area contributed by atoms with Crippen molar-refractivity contribution in [1.82, 2.24) is 10.6 Å². The van der Waals surface area contributed by atoms with Crippen LogP contribution in [0.25, 0.3) is 11.1 Å². The van der Waals surface area contributed by atoms with Crippen LogP contribution in [0, 0.1) is 11.6 Å². The minimum atomic E-state index is -0.974. The van der Waals surface area contributed by atoms with E-state index in [1.54, 1.807) is 0 Å². The van der Waals surface area contributed by atoms with Gasteiger partial charge in [-0.05, 0) is 57.5 Å². The molecule has 4 N–H and O–H groups in total. The Balaban J connectivity index is 1.06. The smallest absolute Gasteiger partial charge is 0.407 e. The van der Waals surface area contributed by atoms with E-state index in [-0.39, 0.29) is 25.5 Å². The zero-order chi connectivity index (χ0) is 28.1. The van der Waals surface area contributed by atoms with Gasteiger partial charge in [0.2, 0.25) is 5.91 Å². The van der Waals surface area contributed by atoms with Crippen LogP contribution < -0.4 is 16.4 Å². The SMILES string of the molecule is N[C@@H](Cc1ccc(F)c(F)c1)C(=O)NCc1ccc(CNC(=O)OCC2c3ccccc3-c3ccccc32)cc1. The van der Waals surface area contributed by atoms with Crippen LogP contribution in [-0.4, -0.2) is 24.6 Å². The number of carbonyl (C=O) groups excluding carboxylic acids is 2. The Labute approximate surface area is 231 Å². The molecule has 5 rings (SSSR count). The molecule has 0 radical (unpaired) electrons. The Hall–Kier alpha value is -4.56. The summed E-state index contributed by atoms with van der Waals surface area (Å²) < 4.78 is 32.1. The number of nitrogens with two attached hydrogens (primary N) is 1. The molecule has 0 heterocycles. The standard InChI is InChI=1S/C32H29F2N3O3/c33-28-14-13-22(15-29(28)34)16-30(35)31(38)36-17-20-9-11-21(12-10-20)18-37-32(39)40-19-27-25-7-3-1-5-23(25)24-6-2-4-8-26(24)27/h1-15,27,30H,16-19,35H2,(H,36,38)(H,37,39)/t30-/m0/s1. The van der Waals surface area contributed by atoms with Crippen molar-refractivity contribution in [3.05, 3.63) is 130 Å². The van der Waals surface area contributed by atoms with E-state index in [4.69, 9.17) is 10.5 Å². The molecule has 0 unspecified atom stereocenters. The highest BCUT2D eigenvalue weighted by Crippen LogP contribution is 2.44. The van der Waals surface area contributed by atoms with E-state index in [0.29, 0.717) is 12.1 Å². The number of halogens is 2. The second kappa shape index (κ2) is 12.1. The minimum Gasteiger partial charge on any atom is -0.449 e. The van der Waals surface area contributed by atoms with Crippen LogP contribution in [0.15, 0.2) is 91.0 Å². The van der Waals surface area contributed by atoms with Crippen LogP contribution in [0.5, 0.6) is 0 Å². The van der Waals surface area contributed by atoms with Crippen LogP contribution in [0.2, 0.25) is 0 Å². The number of benzene rings is 4. The Bertz CT molecular complexity index is 1480. The van der Waals surface area contributed by atoms with Crippen molar-refractivity contribution >= 4 is 12.0 Å². The highest BCUT2D eigenvalue weighted by Gasteiger charge is 2.29. The van der Waals surface area contributed by atoms with Crippen molar-refractivity contribution in [2.24, 2.45) is 5.73 Å². The van der Waals surface area contributed by atoms with E-state index in [9.17, 15) is 18.4 Å². The van der Waals surface area contributed by atoms with Crippen LogP contribution in [0.3, 0.4) is 0 Å². The van der Waals surface area contributed by atoms with Crippen molar-refractivity contribution in [2.45, 2.75) is 31.5 Å². The number of nitrogens with one attached hydrogen (secondary N) is 2. The first-order valence-corrected chi connectivity index (χ1v) is 13.0. The molecule has 204 valence electrons. The lowest BCUT2D eigenvalue weighted by Crippen LogP contribution is -2.41. The molecule has 0 saturated carbocycles. The zero-order valence-electron chi connectivity index (χ0n) is 21.7. The predicted octanol–water partition coefficient (Wildman–Crippen LogP) is 5.19. The average molecular weight is 542 g/mol. The van der Waals surface area contributed by atoms with Crippen molar-refractivity contribution in [1.29, 1.82) is 0 Å². The molecule has 0 aliphatic heterocycles. The van der Waals surface area contributed by atoms with Gasteiger partial charge in [0.15, 0.2) is 11.6 Å². The Morgan fingerprint density at radius 3 is 1.90 bits per heavy atom. The fourth-order valence-electron chi connectivity index (χ4n) is 4.93. The molecular formula is C32H29F2N3O3. The molecule has 4 aromatic rings. The lowest BCUT2D eigenvalue weighted by Gasteiger charge is -2.15. The van der Waals surface area contributed by atoms with Gasteiger partial charge in [-0.25, -0.2) is 13.6 Å². The molecule has 0 spiro atoms. The molecule has 0 saturated heterocycles. The lowest BCUT2D eigenvalue weighted by molar-refractivity contribution is -0.122. The quantitative estimate of drug-likeness (QED) is 0.272. The van der Waals surface area contributed by atoms with Gasteiger partial charge in [-0.1, -0.05) is 78.9 Å². The molecule has 0 bridgehead atoms. The molecule has 0 fully saturated rings. The van der Waals surface area contributed by atoms with Crippen molar-refractivity contribution in [2.75, 3.05) is 6.61 Å². The Morgan fingerprint density at radius 1 is 0.750 bits per heavy atom. The summed E-state index contributed by atoms with van der Waals surface area (Å²) >= 11 is 0. The monoisotopic (exact) mass is 541 g/mol. The highest BCUT2D eigenvalue weighted by molar-refractivity contribution is 5.82. The first-order chi connectivity index (χ1) is 19.4. The molecule has 0 aromatic heterocycles. The van der Waals surface area contributed by atoms with E-state index in [1.807, 2.05) is 48.5 Å². The summed E-state index contributed by atoms with van der Waals surface area (Å²) in [5, 5.41) is 5.54. The van der Waals surface area contributed by atoms with Crippen LogP contribution in [0.4, 0.5) is 13.6 Å².